The monoisotopic (exact) mass is 268 g/mol. The molecule has 0 atom stereocenters. The molecule has 0 amide bonds. The second-order valence-electron chi connectivity index (χ2n) is 5.10. The van der Waals surface area contributed by atoms with Crippen molar-refractivity contribution in [3.8, 4) is 0 Å². The predicted octanol–water partition coefficient (Wildman–Crippen LogP) is 4.13. The quantitative estimate of drug-likeness (QED) is 0.691. The van der Waals surface area contributed by atoms with Gasteiger partial charge in [0, 0.05) is 19.5 Å². The highest BCUT2D eigenvalue weighted by Gasteiger charge is 2.32. The zero-order valence-corrected chi connectivity index (χ0v) is 10.5. The van der Waals surface area contributed by atoms with Crippen LogP contribution >= 0.6 is 0 Å². The summed E-state index contributed by atoms with van der Waals surface area (Å²) in [5.41, 5.74) is 0.793. The molecule has 1 saturated heterocycles. The molecule has 3 rings (SSSR count). The average molecular weight is 268 g/mol. The third kappa shape index (κ3) is 2.46. The molecule has 0 unspecified atom stereocenters. The number of nitrogens with zero attached hydrogens (tertiary/aromatic N) is 2. The van der Waals surface area contributed by atoms with Crippen molar-refractivity contribution in [2.45, 2.75) is 38.4 Å². The van der Waals surface area contributed by atoms with E-state index in [2.05, 4.69) is 9.89 Å². The fourth-order valence-corrected chi connectivity index (χ4v) is 2.69. The lowest BCUT2D eigenvalue weighted by molar-refractivity contribution is -0.137. The topological polar surface area (TPSA) is 15.6 Å². The van der Waals surface area contributed by atoms with Gasteiger partial charge in [0.25, 0.3) is 0 Å². The first-order valence-corrected chi connectivity index (χ1v) is 6.57. The van der Waals surface area contributed by atoms with Gasteiger partial charge in [-0.1, -0.05) is 6.42 Å². The van der Waals surface area contributed by atoms with Gasteiger partial charge in [0.05, 0.1) is 11.3 Å². The van der Waals surface area contributed by atoms with Crippen molar-refractivity contribution in [3.05, 3.63) is 29.3 Å². The van der Waals surface area contributed by atoms with Gasteiger partial charge in [-0.3, -0.25) is 0 Å². The molecule has 1 aromatic carbocycles. The summed E-state index contributed by atoms with van der Waals surface area (Å²) < 4.78 is 38.1. The van der Waals surface area contributed by atoms with E-state index in [-0.39, 0.29) is 0 Å². The molecule has 5 heteroatoms. The molecule has 2 heterocycles. The van der Waals surface area contributed by atoms with Gasteiger partial charge in [-0.15, -0.1) is 0 Å². The molecule has 0 spiro atoms. The van der Waals surface area contributed by atoms with Crippen LogP contribution in [0.3, 0.4) is 0 Å². The van der Waals surface area contributed by atoms with Crippen molar-refractivity contribution in [2.75, 3.05) is 6.54 Å². The van der Waals surface area contributed by atoms with Gasteiger partial charge in [-0.25, -0.2) is 4.99 Å². The van der Waals surface area contributed by atoms with Crippen molar-refractivity contribution in [1.29, 1.82) is 0 Å². The Bertz CT molecular complexity index is 520. The Labute approximate surface area is 109 Å². The van der Waals surface area contributed by atoms with E-state index in [1.165, 1.54) is 18.6 Å². The van der Waals surface area contributed by atoms with Gasteiger partial charge in [0.2, 0.25) is 0 Å². The van der Waals surface area contributed by atoms with E-state index in [0.29, 0.717) is 17.8 Å². The van der Waals surface area contributed by atoms with Gasteiger partial charge in [-0.2, -0.15) is 13.2 Å². The highest BCUT2D eigenvalue weighted by molar-refractivity contribution is 5.87. The molecule has 0 bridgehead atoms. The van der Waals surface area contributed by atoms with Crippen LogP contribution in [0.15, 0.2) is 23.2 Å². The Hall–Kier alpha value is -1.52. The molecule has 2 aliphatic heterocycles. The highest BCUT2D eigenvalue weighted by Crippen LogP contribution is 2.35. The molecule has 0 N–H and O–H groups in total. The van der Waals surface area contributed by atoms with Crippen molar-refractivity contribution < 1.29 is 13.2 Å². The van der Waals surface area contributed by atoms with Crippen LogP contribution in [-0.2, 0) is 12.7 Å². The molecule has 102 valence electrons. The zero-order chi connectivity index (χ0) is 13.5. The van der Waals surface area contributed by atoms with Gasteiger partial charge in [0.1, 0.15) is 5.84 Å². The van der Waals surface area contributed by atoms with Crippen LogP contribution < -0.4 is 0 Å². The molecule has 1 aromatic rings. The third-order valence-electron chi connectivity index (χ3n) is 3.71. The minimum absolute atomic E-state index is 0.554. The summed E-state index contributed by atoms with van der Waals surface area (Å²) in [5.74, 6) is 1.03. The van der Waals surface area contributed by atoms with E-state index in [0.717, 1.165) is 37.7 Å². The highest BCUT2D eigenvalue weighted by atomic mass is 19.4. The Kier molecular flexibility index (Phi) is 2.99. The number of fused-ring (bicyclic) bond motifs is 2. The van der Waals surface area contributed by atoms with Crippen molar-refractivity contribution in [1.82, 2.24) is 4.90 Å². The van der Waals surface area contributed by atoms with Crippen LogP contribution in [0.4, 0.5) is 18.9 Å². The maximum absolute atomic E-state index is 12.7. The minimum atomic E-state index is -4.28. The number of hydrogen-bond acceptors (Lipinski definition) is 2. The first kappa shape index (κ1) is 12.5. The second-order valence-corrected chi connectivity index (χ2v) is 5.10. The number of alkyl halides is 3. The van der Waals surface area contributed by atoms with Crippen LogP contribution in [0.5, 0.6) is 0 Å². The summed E-state index contributed by atoms with van der Waals surface area (Å²) in [4.78, 5) is 6.65. The van der Waals surface area contributed by atoms with E-state index in [9.17, 15) is 13.2 Å². The molecule has 2 aliphatic rings. The maximum atomic E-state index is 12.7. The van der Waals surface area contributed by atoms with Crippen molar-refractivity contribution in [3.63, 3.8) is 0 Å². The van der Waals surface area contributed by atoms with Crippen LogP contribution in [0.1, 0.15) is 36.8 Å². The largest absolute Gasteiger partial charge is 0.416 e. The summed E-state index contributed by atoms with van der Waals surface area (Å²) in [6.45, 7) is 1.45. The van der Waals surface area contributed by atoms with Gasteiger partial charge in [0.15, 0.2) is 0 Å². The standard InChI is InChI=1S/C14H15F3N2/c15-14(16,17)11-5-6-12-10(8-11)9-19-7-3-1-2-4-13(19)18-12/h5-6,8H,1-4,7,9H2. The predicted molar refractivity (Wildman–Crippen MR) is 67.4 cm³/mol. The molecule has 0 aliphatic carbocycles. The molecule has 0 aromatic heterocycles. The third-order valence-corrected chi connectivity index (χ3v) is 3.71. The van der Waals surface area contributed by atoms with Crippen LogP contribution in [0.25, 0.3) is 0 Å². The first-order valence-electron chi connectivity index (χ1n) is 6.57. The van der Waals surface area contributed by atoms with Gasteiger partial charge >= 0.3 is 6.18 Å². The van der Waals surface area contributed by atoms with Crippen molar-refractivity contribution >= 4 is 11.5 Å². The number of rotatable bonds is 0. The van der Waals surface area contributed by atoms with E-state index in [1.54, 1.807) is 0 Å². The van der Waals surface area contributed by atoms with E-state index >= 15 is 0 Å². The summed E-state index contributed by atoms with van der Waals surface area (Å²) in [5, 5.41) is 0. The Morgan fingerprint density at radius 1 is 1.11 bits per heavy atom. The molecule has 0 saturated carbocycles. The first-order chi connectivity index (χ1) is 9.04. The smallest absolute Gasteiger partial charge is 0.356 e. The molecule has 2 nitrogen and oxygen atoms in total. The lowest BCUT2D eigenvalue weighted by Crippen LogP contribution is -2.32. The fraction of sp³-hybridized carbons (Fsp3) is 0.500. The zero-order valence-electron chi connectivity index (χ0n) is 10.5. The second kappa shape index (κ2) is 4.54. The van der Waals surface area contributed by atoms with E-state index in [4.69, 9.17) is 0 Å². The number of amidine groups is 1. The van der Waals surface area contributed by atoms with Crippen LogP contribution in [-0.4, -0.2) is 17.3 Å². The number of hydrogen-bond donors (Lipinski definition) is 0. The van der Waals surface area contributed by atoms with E-state index in [1.807, 2.05) is 0 Å². The number of benzene rings is 1. The summed E-state index contributed by atoms with van der Waals surface area (Å²) in [7, 11) is 0. The molecular formula is C14H15F3N2. The Morgan fingerprint density at radius 3 is 2.74 bits per heavy atom. The van der Waals surface area contributed by atoms with Gasteiger partial charge < -0.3 is 4.90 Å². The van der Waals surface area contributed by atoms with Crippen LogP contribution in [0.2, 0.25) is 0 Å². The lowest BCUT2D eigenvalue weighted by atomic mass is 10.1. The van der Waals surface area contributed by atoms with Gasteiger partial charge in [-0.05, 0) is 36.6 Å². The summed E-state index contributed by atoms with van der Waals surface area (Å²) >= 11 is 0. The molecular weight excluding hydrogens is 253 g/mol. The Morgan fingerprint density at radius 2 is 1.95 bits per heavy atom. The lowest BCUT2D eigenvalue weighted by Gasteiger charge is -2.29. The van der Waals surface area contributed by atoms with Crippen LogP contribution in [0, 0.1) is 0 Å². The fourth-order valence-electron chi connectivity index (χ4n) is 2.69. The SMILES string of the molecule is FC(F)(F)c1ccc2c(c1)CN1CCCCCC1=N2. The Balaban J connectivity index is 1.97. The minimum Gasteiger partial charge on any atom is -0.356 e. The number of aliphatic imine (C=N–C) groups is 1. The summed E-state index contributed by atoms with van der Waals surface area (Å²) in [6.07, 6.45) is 0.0244. The van der Waals surface area contributed by atoms with E-state index < -0.39 is 11.7 Å². The average Bonchev–Trinajstić information content (AvgIpc) is 2.58. The molecule has 0 radical (unpaired) electrons. The summed E-state index contributed by atoms with van der Waals surface area (Å²) in [6, 6.07) is 3.85. The van der Waals surface area contributed by atoms with Crippen molar-refractivity contribution in [2.24, 2.45) is 4.99 Å². The maximum Gasteiger partial charge on any atom is 0.416 e. The normalized spacial score (nSPS) is 19.3. The molecule has 1 fully saturated rings. The molecule has 19 heavy (non-hydrogen) atoms. The number of halogens is 3.